The Kier molecular flexibility index (Phi) is 4.75. The zero-order valence-corrected chi connectivity index (χ0v) is 13.6. The Bertz CT molecular complexity index is 886. The maximum Gasteiger partial charge on any atom is 0.332 e. The largest absolute Gasteiger partial charge is 0.497 e. The Hall–Kier alpha value is -3.61. The van der Waals surface area contributed by atoms with E-state index in [1.807, 2.05) is 60.8 Å². The van der Waals surface area contributed by atoms with Crippen LogP contribution in [0.5, 0.6) is 5.75 Å². The lowest BCUT2D eigenvalue weighted by atomic mass is 10.1. The second kappa shape index (κ2) is 7.31. The number of hydrogen-bond acceptors (Lipinski definition) is 4. The fourth-order valence-electron chi connectivity index (χ4n) is 2.33. The van der Waals surface area contributed by atoms with Gasteiger partial charge < -0.3 is 10.5 Å². The summed E-state index contributed by atoms with van der Waals surface area (Å²) < 4.78 is 6.94. The van der Waals surface area contributed by atoms with Crippen molar-refractivity contribution in [1.82, 2.24) is 15.2 Å². The van der Waals surface area contributed by atoms with Crippen molar-refractivity contribution >= 4 is 12.2 Å². The topological polar surface area (TPSA) is 94.5 Å². The number of carbonyl (C=O) groups excluding carboxylic acids is 1. The van der Waals surface area contributed by atoms with Crippen molar-refractivity contribution in [1.29, 1.82) is 0 Å². The fraction of sp³-hybridized carbons (Fsp3) is 0.0556. The quantitative estimate of drug-likeness (QED) is 0.554. The summed E-state index contributed by atoms with van der Waals surface area (Å²) in [6, 6.07) is 16.5. The van der Waals surface area contributed by atoms with Gasteiger partial charge >= 0.3 is 6.03 Å². The first-order valence-electron chi connectivity index (χ1n) is 7.55. The third-order valence-electron chi connectivity index (χ3n) is 3.51. The number of hydrogen-bond donors (Lipinski definition) is 2. The van der Waals surface area contributed by atoms with Gasteiger partial charge in [-0.25, -0.2) is 14.9 Å². The van der Waals surface area contributed by atoms with E-state index >= 15 is 0 Å². The molecule has 1 aromatic heterocycles. The number of nitrogens with zero attached hydrogens (tertiary/aromatic N) is 3. The van der Waals surface area contributed by atoms with Crippen LogP contribution >= 0.6 is 0 Å². The minimum Gasteiger partial charge on any atom is -0.497 e. The van der Waals surface area contributed by atoms with Crippen molar-refractivity contribution < 1.29 is 9.53 Å². The number of primary amides is 1. The van der Waals surface area contributed by atoms with Crippen molar-refractivity contribution in [3.63, 3.8) is 0 Å². The van der Waals surface area contributed by atoms with Gasteiger partial charge in [-0.3, -0.25) is 0 Å². The monoisotopic (exact) mass is 335 g/mol. The molecule has 3 aromatic rings. The van der Waals surface area contributed by atoms with Crippen LogP contribution in [0.3, 0.4) is 0 Å². The number of urea groups is 1. The van der Waals surface area contributed by atoms with Gasteiger partial charge in [0.25, 0.3) is 0 Å². The molecule has 25 heavy (non-hydrogen) atoms. The molecule has 0 aliphatic heterocycles. The molecule has 0 spiro atoms. The number of carbonyl (C=O) groups is 1. The number of benzene rings is 2. The van der Waals surface area contributed by atoms with Gasteiger partial charge in [0, 0.05) is 17.3 Å². The summed E-state index contributed by atoms with van der Waals surface area (Å²) in [5.41, 5.74) is 10.5. The highest BCUT2D eigenvalue weighted by molar-refractivity contribution is 5.89. The Labute approximate surface area is 144 Å². The maximum absolute atomic E-state index is 10.8. The third-order valence-corrected chi connectivity index (χ3v) is 3.51. The van der Waals surface area contributed by atoms with Crippen molar-refractivity contribution in [2.45, 2.75) is 0 Å². The summed E-state index contributed by atoms with van der Waals surface area (Å²) in [4.78, 5) is 10.8. The summed E-state index contributed by atoms with van der Waals surface area (Å²) in [6.07, 6.45) is 3.35. The number of methoxy groups -OCH3 is 1. The van der Waals surface area contributed by atoms with Crippen molar-refractivity contribution in [2.75, 3.05) is 7.11 Å². The molecule has 3 N–H and O–H groups in total. The summed E-state index contributed by atoms with van der Waals surface area (Å²) in [7, 11) is 1.62. The third kappa shape index (κ3) is 3.84. The molecule has 0 fully saturated rings. The molecule has 0 aliphatic carbocycles. The van der Waals surface area contributed by atoms with E-state index in [4.69, 9.17) is 10.5 Å². The molecule has 126 valence electrons. The Morgan fingerprint density at radius 2 is 1.92 bits per heavy atom. The van der Waals surface area contributed by atoms with Crippen LogP contribution in [0.1, 0.15) is 5.56 Å². The Balaban J connectivity index is 2.02. The highest BCUT2D eigenvalue weighted by Crippen LogP contribution is 2.24. The van der Waals surface area contributed by atoms with Gasteiger partial charge in [-0.05, 0) is 36.4 Å². The smallest absolute Gasteiger partial charge is 0.332 e. The molecule has 0 saturated carbocycles. The lowest BCUT2D eigenvalue weighted by Gasteiger charge is -2.02. The highest BCUT2D eigenvalue weighted by Gasteiger charge is 2.11. The zero-order chi connectivity index (χ0) is 17.6. The van der Waals surface area contributed by atoms with Gasteiger partial charge in [0.05, 0.1) is 19.0 Å². The first kappa shape index (κ1) is 16.3. The summed E-state index contributed by atoms with van der Waals surface area (Å²) in [5, 5.41) is 8.49. The van der Waals surface area contributed by atoms with E-state index < -0.39 is 6.03 Å². The summed E-state index contributed by atoms with van der Waals surface area (Å²) >= 11 is 0. The maximum atomic E-state index is 10.8. The zero-order valence-electron chi connectivity index (χ0n) is 13.6. The second-order valence-corrected chi connectivity index (χ2v) is 5.18. The highest BCUT2D eigenvalue weighted by atomic mass is 16.5. The lowest BCUT2D eigenvalue weighted by molar-refractivity contribution is 0.249. The van der Waals surface area contributed by atoms with E-state index in [0.717, 1.165) is 28.3 Å². The van der Waals surface area contributed by atoms with Crippen LogP contribution in [0.15, 0.2) is 65.9 Å². The first-order chi connectivity index (χ1) is 12.2. The first-order valence-corrected chi connectivity index (χ1v) is 7.55. The fourth-order valence-corrected chi connectivity index (χ4v) is 2.33. The van der Waals surface area contributed by atoms with Crippen LogP contribution in [0, 0.1) is 0 Å². The Morgan fingerprint density at radius 3 is 2.56 bits per heavy atom. The number of nitrogens with two attached hydrogens (primary N) is 1. The van der Waals surface area contributed by atoms with Gasteiger partial charge in [0.2, 0.25) is 0 Å². The van der Waals surface area contributed by atoms with Crippen LogP contribution in [-0.2, 0) is 0 Å². The van der Waals surface area contributed by atoms with E-state index in [9.17, 15) is 4.79 Å². The molecule has 1 heterocycles. The molecule has 0 radical (unpaired) electrons. The molecule has 0 unspecified atom stereocenters. The molecular formula is C18H17N5O2. The van der Waals surface area contributed by atoms with Gasteiger partial charge in [0.1, 0.15) is 11.4 Å². The van der Waals surface area contributed by atoms with Crippen LogP contribution in [0.25, 0.3) is 16.9 Å². The predicted octanol–water partition coefficient (Wildman–Crippen LogP) is 2.55. The molecule has 0 bridgehead atoms. The Morgan fingerprint density at radius 1 is 1.20 bits per heavy atom. The standard InChI is InChI=1S/C18H17N5O2/c1-25-16-9-7-13(8-10-16)17-14(11-20-21-18(19)24)12-23(22-17)15-5-3-2-4-6-15/h2-12H,1H3,(H3,19,21,24)/b20-11-. The molecule has 2 aromatic carbocycles. The van der Waals surface area contributed by atoms with E-state index in [1.54, 1.807) is 11.8 Å². The molecule has 2 amide bonds. The van der Waals surface area contributed by atoms with E-state index in [0.29, 0.717) is 0 Å². The van der Waals surface area contributed by atoms with Crippen LogP contribution in [0.4, 0.5) is 4.79 Å². The molecule has 3 rings (SSSR count). The summed E-state index contributed by atoms with van der Waals surface area (Å²) in [5.74, 6) is 0.761. The van der Waals surface area contributed by atoms with Crippen LogP contribution in [-0.4, -0.2) is 29.1 Å². The molecule has 7 heteroatoms. The average Bonchev–Trinajstić information content (AvgIpc) is 3.06. The van der Waals surface area contributed by atoms with Crippen LogP contribution < -0.4 is 15.9 Å². The van der Waals surface area contributed by atoms with Gasteiger partial charge in [-0.1, -0.05) is 18.2 Å². The lowest BCUT2D eigenvalue weighted by Crippen LogP contribution is -2.24. The van der Waals surface area contributed by atoms with Gasteiger partial charge in [-0.2, -0.15) is 10.2 Å². The summed E-state index contributed by atoms with van der Waals surface area (Å²) in [6.45, 7) is 0. The number of hydrazone groups is 1. The van der Waals surface area contributed by atoms with Crippen molar-refractivity contribution in [3.05, 3.63) is 66.4 Å². The van der Waals surface area contributed by atoms with Gasteiger partial charge in [-0.15, -0.1) is 0 Å². The van der Waals surface area contributed by atoms with E-state index in [1.165, 1.54) is 6.21 Å². The average molecular weight is 335 g/mol. The minimum atomic E-state index is -0.724. The van der Waals surface area contributed by atoms with E-state index in [2.05, 4.69) is 15.6 Å². The normalized spacial score (nSPS) is 10.8. The van der Waals surface area contributed by atoms with Crippen molar-refractivity contribution in [3.8, 4) is 22.7 Å². The number of aromatic nitrogens is 2. The minimum absolute atomic E-state index is 0.724. The molecule has 7 nitrogen and oxygen atoms in total. The molecule has 0 atom stereocenters. The van der Waals surface area contributed by atoms with Crippen molar-refractivity contribution in [2.24, 2.45) is 10.8 Å². The molecular weight excluding hydrogens is 318 g/mol. The van der Waals surface area contributed by atoms with Gasteiger partial charge in [0.15, 0.2) is 0 Å². The second-order valence-electron chi connectivity index (χ2n) is 5.18. The predicted molar refractivity (Wildman–Crippen MR) is 95.9 cm³/mol. The number of amides is 2. The number of rotatable bonds is 5. The van der Waals surface area contributed by atoms with E-state index in [-0.39, 0.29) is 0 Å². The SMILES string of the molecule is COc1ccc(-c2nn(-c3ccccc3)cc2/C=N\NC(N)=O)cc1. The number of ether oxygens (including phenoxy) is 1. The van der Waals surface area contributed by atoms with Crippen LogP contribution in [0.2, 0.25) is 0 Å². The number of nitrogens with one attached hydrogen (secondary N) is 1. The molecule has 0 saturated heterocycles. The molecule has 0 aliphatic rings. The number of para-hydroxylation sites is 1.